The number of halogens is 3. The molecule has 3 aromatic rings. The van der Waals surface area contributed by atoms with Crippen molar-refractivity contribution in [2.75, 3.05) is 11.9 Å². The van der Waals surface area contributed by atoms with Crippen molar-refractivity contribution in [3.63, 3.8) is 0 Å². The topological polar surface area (TPSA) is 116 Å². The number of carbonyl (C=O) groups excluding carboxylic acids is 1. The van der Waals surface area contributed by atoms with Crippen molar-refractivity contribution >= 4 is 23.8 Å². The van der Waals surface area contributed by atoms with Gasteiger partial charge in [0.2, 0.25) is 0 Å². The van der Waals surface area contributed by atoms with E-state index in [1.165, 1.54) is 0 Å². The fourth-order valence-electron chi connectivity index (χ4n) is 2.69. The molecule has 0 unspecified atom stereocenters. The summed E-state index contributed by atoms with van der Waals surface area (Å²) in [6.45, 7) is 1.71. The zero-order valence-corrected chi connectivity index (χ0v) is 16.6. The van der Waals surface area contributed by atoms with Crippen LogP contribution in [0.25, 0.3) is 16.9 Å². The molecule has 4 N–H and O–H groups in total. The normalized spacial score (nSPS) is 11.4. The number of nitrogens with zero attached hydrogens (tertiary/aromatic N) is 2. The maximum Gasteiger partial charge on any atom is 0.405 e. The van der Waals surface area contributed by atoms with E-state index in [0.717, 1.165) is 11.3 Å². The van der Waals surface area contributed by atoms with Crippen LogP contribution in [0, 0.1) is 0 Å². The van der Waals surface area contributed by atoms with Crippen molar-refractivity contribution in [2.24, 2.45) is 0 Å². The number of anilines is 1. The minimum Gasteiger partial charge on any atom is -0.483 e. The van der Waals surface area contributed by atoms with Gasteiger partial charge in [-0.25, -0.2) is 9.78 Å². The van der Waals surface area contributed by atoms with Crippen LogP contribution in [0.5, 0.6) is 0 Å². The Labute approximate surface area is 175 Å². The van der Waals surface area contributed by atoms with Gasteiger partial charge in [-0.15, -0.1) is 0 Å². The number of alkyl halides is 3. The van der Waals surface area contributed by atoms with E-state index in [-0.39, 0.29) is 6.47 Å². The summed E-state index contributed by atoms with van der Waals surface area (Å²) in [7, 11) is 0. The highest BCUT2D eigenvalue weighted by Crippen LogP contribution is 2.26. The first-order chi connectivity index (χ1) is 14.4. The first-order valence-electron chi connectivity index (χ1n) is 8.94. The molecule has 1 aromatic carbocycles. The number of nitrogens with one attached hydrogen (secondary N) is 2. The molecule has 0 aliphatic carbocycles. The Morgan fingerprint density at radius 1 is 1.23 bits per heavy atom. The second-order valence-corrected chi connectivity index (χ2v) is 6.96. The summed E-state index contributed by atoms with van der Waals surface area (Å²) < 4.78 is 38.4. The van der Waals surface area contributed by atoms with Gasteiger partial charge in [0.1, 0.15) is 12.2 Å². The Bertz CT molecular complexity index is 1060. The summed E-state index contributed by atoms with van der Waals surface area (Å²) in [5, 5.41) is 21.2. The molecule has 11 heteroatoms. The molecular weight excluding hydrogens is 417 g/mol. The minimum atomic E-state index is -4.47. The first-order valence-corrected chi connectivity index (χ1v) is 8.94. The largest absolute Gasteiger partial charge is 0.483 e. The average molecular weight is 438 g/mol. The molecule has 0 radical (unpaired) electrons. The average Bonchev–Trinajstić information content (AvgIpc) is 3.09. The van der Waals surface area contributed by atoms with Crippen molar-refractivity contribution in [2.45, 2.75) is 25.6 Å². The van der Waals surface area contributed by atoms with E-state index in [0.29, 0.717) is 16.9 Å². The Morgan fingerprint density at radius 2 is 1.90 bits per heavy atom. The number of benzene rings is 1. The van der Waals surface area contributed by atoms with Crippen LogP contribution >= 0.6 is 0 Å². The molecule has 3 rings (SSSR count). The zero-order chi connectivity index (χ0) is 23.2. The lowest BCUT2D eigenvalue weighted by Gasteiger charge is -2.17. The second kappa shape index (κ2) is 9.47. The number of carboxylic acid groups (broad SMARTS) is 1. The summed E-state index contributed by atoms with van der Waals surface area (Å²) in [5.74, 6) is 0. The van der Waals surface area contributed by atoms with E-state index in [4.69, 9.17) is 9.90 Å². The summed E-state index contributed by atoms with van der Waals surface area (Å²) in [4.78, 5) is 24.3. The van der Waals surface area contributed by atoms with Gasteiger partial charge in [-0.2, -0.15) is 13.2 Å². The van der Waals surface area contributed by atoms with Crippen molar-refractivity contribution in [3.8, 4) is 11.3 Å². The van der Waals surface area contributed by atoms with E-state index in [2.05, 4.69) is 10.3 Å². The van der Waals surface area contributed by atoms with E-state index in [9.17, 15) is 23.1 Å². The van der Waals surface area contributed by atoms with Crippen molar-refractivity contribution in [1.29, 1.82) is 0 Å². The molecule has 0 fully saturated rings. The van der Waals surface area contributed by atoms with Gasteiger partial charge in [-0.3, -0.25) is 9.20 Å². The van der Waals surface area contributed by atoms with Crippen LogP contribution < -0.4 is 10.6 Å². The van der Waals surface area contributed by atoms with Gasteiger partial charge < -0.3 is 20.8 Å². The number of aromatic nitrogens is 2. The van der Waals surface area contributed by atoms with E-state index in [1.807, 2.05) is 4.40 Å². The lowest BCUT2D eigenvalue weighted by molar-refractivity contribution is -0.123. The number of amides is 2. The molecular formula is C20H21F3N4O4. The highest BCUT2D eigenvalue weighted by Gasteiger charge is 2.27. The Kier molecular flexibility index (Phi) is 7.24. The van der Waals surface area contributed by atoms with Gasteiger partial charge in [0.25, 0.3) is 6.47 Å². The summed E-state index contributed by atoms with van der Waals surface area (Å²) in [5.41, 5.74) is 2.15. The molecule has 8 nitrogen and oxygen atoms in total. The fraction of sp³-hybridized carbons (Fsp3) is 0.250. The maximum absolute atomic E-state index is 12.2. The summed E-state index contributed by atoms with van der Waals surface area (Å²) in [6.07, 6.45) is -1.05. The van der Waals surface area contributed by atoms with Gasteiger partial charge in [0, 0.05) is 17.4 Å². The van der Waals surface area contributed by atoms with E-state index < -0.39 is 24.4 Å². The van der Waals surface area contributed by atoms with Crippen molar-refractivity contribution in [1.82, 2.24) is 14.7 Å². The quantitative estimate of drug-likeness (QED) is 0.465. The third-order valence-electron chi connectivity index (χ3n) is 4.09. The molecule has 0 spiro atoms. The number of rotatable bonds is 4. The van der Waals surface area contributed by atoms with E-state index in [1.54, 1.807) is 68.0 Å². The molecule has 166 valence electrons. The van der Waals surface area contributed by atoms with Gasteiger partial charge in [-0.1, -0.05) is 12.1 Å². The fourth-order valence-corrected chi connectivity index (χ4v) is 2.69. The number of carbonyl (C=O) groups is 2. The van der Waals surface area contributed by atoms with Crippen LogP contribution in [0.4, 0.5) is 23.7 Å². The molecule has 31 heavy (non-hydrogen) atoms. The number of urea groups is 1. The monoisotopic (exact) mass is 438 g/mol. The number of aliphatic hydroxyl groups is 1. The molecule has 0 aliphatic rings. The third-order valence-corrected chi connectivity index (χ3v) is 4.09. The van der Waals surface area contributed by atoms with Gasteiger partial charge in [0.15, 0.2) is 0 Å². The zero-order valence-electron chi connectivity index (χ0n) is 16.6. The molecule has 0 bridgehead atoms. The van der Waals surface area contributed by atoms with Crippen LogP contribution in [0.1, 0.15) is 19.4 Å². The van der Waals surface area contributed by atoms with E-state index >= 15 is 0 Å². The first kappa shape index (κ1) is 23.7. The predicted octanol–water partition coefficient (Wildman–Crippen LogP) is 3.61. The number of pyridine rings is 1. The SMILES string of the molecule is CC(C)(O)c1ccn2c(-c3cccc(NC(=O)NCC(F)(F)F)c3)cnc2c1.O=CO. The number of hydrogen-bond acceptors (Lipinski definition) is 4. The van der Waals surface area contributed by atoms with Gasteiger partial charge in [0.05, 0.1) is 17.5 Å². The van der Waals surface area contributed by atoms with Gasteiger partial charge >= 0.3 is 12.2 Å². The van der Waals surface area contributed by atoms with Crippen LogP contribution in [-0.2, 0) is 10.4 Å². The molecule has 2 aromatic heterocycles. The maximum atomic E-state index is 12.2. The Balaban J connectivity index is 0.00000107. The predicted molar refractivity (Wildman–Crippen MR) is 108 cm³/mol. The van der Waals surface area contributed by atoms with Crippen LogP contribution in [-0.4, -0.2) is 44.8 Å². The Hall–Kier alpha value is -3.60. The van der Waals surface area contributed by atoms with Gasteiger partial charge in [-0.05, 0) is 43.7 Å². The van der Waals surface area contributed by atoms with Crippen molar-refractivity contribution in [3.05, 3.63) is 54.4 Å². The highest BCUT2D eigenvalue weighted by atomic mass is 19.4. The molecule has 2 amide bonds. The minimum absolute atomic E-state index is 0.250. The molecule has 0 saturated heterocycles. The Morgan fingerprint density at radius 3 is 2.52 bits per heavy atom. The third kappa shape index (κ3) is 6.71. The lowest BCUT2D eigenvalue weighted by Crippen LogP contribution is -2.36. The highest BCUT2D eigenvalue weighted by molar-refractivity contribution is 5.90. The molecule has 0 aliphatic heterocycles. The summed E-state index contributed by atoms with van der Waals surface area (Å²) >= 11 is 0. The molecule has 0 atom stereocenters. The smallest absolute Gasteiger partial charge is 0.405 e. The standard InChI is InChI=1S/C19H19F3N4O2.CH2O2/c1-18(2,28)13-6-7-26-15(10-23-16(26)9-13)12-4-3-5-14(8-12)25-17(27)24-11-19(20,21)22;2-1-3/h3-10,28H,11H2,1-2H3,(H2,24,25,27);1H,(H,2,3). The van der Waals surface area contributed by atoms with Crippen LogP contribution in [0.3, 0.4) is 0 Å². The molecule has 2 heterocycles. The number of fused-ring (bicyclic) bond motifs is 1. The molecule has 0 saturated carbocycles. The number of hydrogen-bond donors (Lipinski definition) is 4. The van der Waals surface area contributed by atoms with Crippen LogP contribution in [0.15, 0.2) is 48.8 Å². The number of imidazole rings is 1. The van der Waals surface area contributed by atoms with Crippen LogP contribution in [0.2, 0.25) is 0 Å². The lowest BCUT2D eigenvalue weighted by atomic mass is 10.00. The van der Waals surface area contributed by atoms with Crippen molar-refractivity contribution < 1.29 is 33.0 Å². The second-order valence-electron chi connectivity index (χ2n) is 6.96. The summed E-state index contributed by atoms with van der Waals surface area (Å²) in [6, 6.07) is 9.31.